The Morgan fingerprint density at radius 2 is 2.03 bits per heavy atom. The number of amides is 1. The molecule has 8 nitrogen and oxygen atoms in total. The average Bonchev–Trinajstić information content (AvgIpc) is 2.79. The van der Waals surface area contributed by atoms with E-state index in [-0.39, 0.29) is 12.5 Å². The molecule has 0 aliphatic rings. The quantitative estimate of drug-likeness (QED) is 0.443. The van der Waals surface area contributed by atoms with Crippen LogP contribution in [0.3, 0.4) is 0 Å². The standard InChI is InChI=1S/C22H27N5O3/c1-4-30-10-9-24-21(28)14-26-20-12-16(19-7-8-25-22(23-2)27-19)11-15-5-6-17(29-3)13-18(15)20/h5-8,11-13,26H,4,9-10,14H2,1-3H3,(H,24,28)(H,23,25,27). The minimum atomic E-state index is -0.101. The third-order valence-corrected chi connectivity index (χ3v) is 4.55. The zero-order valence-corrected chi connectivity index (χ0v) is 17.5. The lowest BCUT2D eigenvalue weighted by Gasteiger charge is -2.14. The average molecular weight is 409 g/mol. The molecular weight excluding hydrogens is 382 g/mol. The number of nitrogens with one attached hydrogen (secondary N) is 3. The SMILES string of the molecule is CCOCCNC(=O)CNc1cc(-c2ccnc(NC)n2)cc2ccc(OC)cc12. The van der Waals surface area contributed by atoms with E-state index >= 15 is 0 Å². The van der Waals surface area contributed by atoms with Crippen molar-refractivity contribution in [3.05, 3.63) is 42.6 Å². The summed E-state index contributed by atoms with van der Waals surface area (Å²) >= 11 is 0. The van der Waals surface area contributed by atoms with Crippen molar-refractivity contribution in [3.8, 4) is 17.0 Å². The summed E-state index contributed by atoms with van der Waals surface area (Å²) in [4.78, 5) is 20.9. The van der Waals surface area contributed by atoms with Crippen LogP contribution in [0.2, 0.25) is 0 Å². The molecule has 30 heavy (non-hydrogen) atoms. The molecule has 0 unspecified atom stereocenters. The topological polar surface area (TPSA) is 97.4 Å². The van der Waals surface area contributed by atoms with Crippen LogP contribution in [0.5, 0.6) is 5.75 Å². The van der Waals surface area contributed by atoms with E-state index < -0.39 is 0 Å². The van der Waals surface area contributed by atoms with Gasteiger partial charge < -0.3 is 25.4 Å². The van der Waals surface area contributed by atoms with Gasteiger partial charge in [0.05, 0.1) is 26.0 Å². The molecule has 8 heteroatoms. The molecule has 0 saturated carbocycles. The predicted octanol–water partition coefficient (Wildman–Crippen LogP) is 2.91. The molecule has 0 fully saturated rings. The van der Waals surface area contributed by atoms with E-state index in [1.807, 2.05) is 37.3 Å². The molecule has 0 atom stereocenters. The Balaban J connectivity index is 1.88. The van der Waals surface area contributed by atoms with Crippen LogP contribution in [0.25, 0.3) is 22.0 Å². The number of anilines is 2. The van der Waals surface area contributed by atoms with Crippen molar-refractivity contribution in [1.82, 2.24) is 15.3 Å². The van der Waals surface area contributed by atoms with Crippen LogP contribution in [-0.4, -0.2) is 56.3 Å². The zero-order chi connectivity index (χ0) is 21.3. The molecular formula is C22H27N5O3. The molecule has 0 aliphatic heterocycles. The summed E-state index contributed by atoms with van der Waals surface area (Å²) in [6.07, 6.45) is 1.71. The number of nitrogens with zero attached hydrogens (tertiary/aromatic N) is 2. The van der Waals surface area contributed by atoms with Crippen LogP contribution in [0, 0.1) is 0 Å². The van der Waals surface area contributed by atoms with E-state index in [0.717, 1.165) is 33.5 Å². The van der Waals surface area contributed by atoms with Crippen molar-refractivity contribution in [2.24, 2.45) is 0 Å². The van der Waals surface area contributed by atoms with Crippen LogP contribution in [0.1, 0.15) is 6.92 Å². The summed E-state index contributed by atoms with van der Waals surface area (Å²) in [7, 11) is 3.41. The predicted molar refractivity (Wildman–Crippen MR) is 119 cm³/mol. The second-order valence-corrected chi connectivity index (χ2v) is 6.53. The maximum absolute atomic E-state index is 12.2. The molecule has 2 aromatic carbocycles. The van der Waals surface area contributed by atoms with E-state index in [1.165, 1.54) is 0 Å². The summed E-state index contributed by atoms with van der Waals surface area (Å²) in [5.41, 5.74) is 2.54. The number of hydrogen-bond acceptors (Lipinski definition) is 7. The number of benzene rings is 2. The lowest BCUT2D eigenvalue weighted by molar-refractivity contribution is -0.119. The Bertz CT molecular complexity index is 1010. The normalized spacial score (nSPS) is 10.6. The third-order valence-electron chi connectivity index (χ3n) is 4.55. The van der Waals surface area contributed by atoms with Crippen LogP contribution in [0.4, 0.5) is 11.6 Å². The molecule has 3 rings (SSSR count). The minimum absolute atomic E-state index is 0.101. The fourth-order valence-electron chi connectivity index (χ4n) is 3.04. The molecule has 1 heterocycles. The first-order valence-corrected chi connectivity index (χ1v) is 9.86. The highest BCUT2D eigenvalue weighted by molar-refractivity contribution is 5.99. The first kappa shape index (κ1) is 21.3. The maximum atomic E-state index is 12.2. The monoisotopic (exact) mass is 409 g/mol. The lowest BCUT2D eigenvalue weighted by atomic mass is 10.0. The Morgan fingerprint density at radius 1 is 1.17 bits per heavy atom. The van der Waals surface area contributed by atoms with Crippen LogP contribution < -0.4 is 20.7 Å². The molecule has 158 valence electrons. The minimum Gasteiger partial charge on any atom is -0.497 e. The highest BCUT2D eigenvalue weighted by Gasteiger charge is 2.10. The fraction of sp³-hybridized carbons (Fsp3) is 0.318. The largest absolute Gasteiger partial charge is 0.497 e. The highest BCUT2D eigenvalue weighted by Crippen LogP contribution is 2.32. The summed E-state index contributed by atoms with van der Waals surface area (Å²) in [6, 6.07) is 11.8. The van der Waals surface area contributed by atoms with Gasteiger partial charge in [0, 0.05) is 43.0 Å². The van der Waals surface area contributed by atoms with Crippen LogP contribution >= 0.6 is 0 Å². The molecule has 0 radical (unpaired) electrons. The van der Waals surface area contributed by atoms with Gasteiger partial charge in [-0.3, -0.25) is 4.79 Å². The molecule has 3 aromatic rings. The van der Waals surface area contributed by atoms with Crippen molar-refractivity contribution >= 4 is 28.3 Å². The molecule has 0 saturated heterocycles. The van der Waals surface area contributed by atoms with E-state index in [4.69, 9.17) is 9.47 Å². The van der Waals surface area contributed by atoms with E-state index in [9.17, 15) is 4.79 Å². The molecule has 0 spiro atoms. The van der Waals surface area contributed by atoms with Gasteiger partial charge in [-0.1, -0.05) is 6.07 Å². The van der Waals surface area contributed by atoms with Crippen LogP contribution in [-0.2, 0) is 9.53 Å². The molecule has 1 aromatic heterocycles. The second kappa shape index (κ2) is 10.4. The number of carbonyl (C=O) groups is 1. The first-order valence-electron chi connectivity index (χ1n) is 9.86. The number of fused-ring (bicyclic) bond motifs is 1. The van der Waals surface area contributed by atoms with Gasteiger partial charge in [-0.25, -0.2) is 9.97 Å². The van der Waals surface area contributed by atoms with Gasteiger partial charge in [-0.15, -0.1) is 0 Å². The Labute approximate surface area is 176 Å². The van der Waals surface area contributed by atoms with Gasteiger partial charge in [0.2, 0.25) is 11.9 Å². The molecule has 0 aliphatic carbocycles. The summed E-state index contributed by atoms with van der Waals surface area (Å²) in [5.74, 6) is 1.19. The van der Waals surface area contributed by atoms with Crippen LogP contribution in [0.15, 0.2) is 42.6 Å². The molecule has 3 N–H and O–H groups in total. The van der Waals surface area contributed by atoms with Gasteiger partial charge in [0.25, 0.3) is 0 Å². The van der Waals surface area contributed by atoms with Gasteiger partial charge in [0.15, 0.2) is 0 Å². The smallest absolute Gasteiger partial charge is 0.239 e. The van der Waals surface area contributed by atoms with Crippen molar-refractivity contribution in [2.75, 3.05) is 51.1 Å². The summed E-state index contributed by atoms with van der Waals surface area (Å²) in [5, 5.41) is 11.0. The van der Waals surface area contributed by atoms with Crippen molar-refractivity contribution < 1.29 is 14.3 Å². The van der Waals surface area contributed by atoms with Gasteiger partial charge in [0.1, 0.15) is 5.75 Å². The van der Waals surface area contributed by atoms with Crippen molar-refractivity contribution in [3.63, 3.8) is 0 Å². The van der Waals surface area contributed by atoms with E-state index in [0.29, 0.717) is 25.7 Å². The summed E-state index contributed by atoms with van der Waals surface area (Å²) < 4.78 is 10.6. The number of methoxy groups -OCH3 is 1. The number of rotatable bonds is 10. The third kappa shape index (κ3) is 5.36. The van der Waals surface area contributed by atoms with E-state index in [1.54, 1.807) is 20.4 Å². The Morgan fingerprint density at radius 3 is 2.80 bits per heavy atom. The van der Waals surface area contributed by atoms with Gasteiger partial charge >= 0.3 is 0 Å². The van der Waals surface area contributed by atoms with Gasteiger partial charge in [-0.05, 0) is 42.6 Å². The zero-order valence-electron chi connectivity index (χ0n) is 17.5. The lowest BCUT2D eigenvalue weighted by Crippen LogP contribution is -2.32. The maximum Gasteiger partial charge on any atom is 0.239 e. The highest BCUT2D eigenvalue weighted by atomic mass is 16.5. The Kier molecular flexibility index (Phi) is 7.40. The second-order valence-electron chi connectivity index (χ2n) is 6.53. The first-order chi connectivity index (χ1) is 14.6. The summed E-state index contributed by atoms with van der Waals surface area (Å²) in [6.45, 7) is 3.68. The van der Waals surface area contributed by atoms with Crippen molar-refractivity contribution in [1.29, 1.82) is 0 Å². The fourth-order valence-corrected chi connectivity index (χ4v) is 3.04. The number of carbonyl (C=O) groups excluding carboxylic acids is 1. The van der Waals surface area contributed by atoms with E-state index in [2.05, 4.69) is 32.0 Å². The van der Waals surface area contributed by atoms with Gasteiger partial charge in [-0.2, -0.15) is 0 Å². The molecule has 0 bridgehead atoms. The van der Waals surface area contributed by atoms with Crippen molar-refractivity contribution in [2.45, 2.75) is 6.92 Å². The molecule has 1 amide bonds. The number of ether oxygens (including phenoxy) is 2. The number of aromatic nitrogens is 2. The Hall–Kier alpha value is -3.39. The number of hydrogen-bond donors (Lipinski definition) is 3.